The highest BCUT2D eigenvalue weighted by atomic mass is 28.3. The number of para-hydroxylation sites is 2. The van der Waals surface area contributed by atoms with Crippen molar-refractivity contribution in [3.05, 3.63) is 275 Å². The van der Waals surface area contributed by atoms with Gasteiger partial charge in [-0.3, -0.25) is 0 Å². The molecule has 0 fully saturated rings. The largest absolute Gasteiger partial charge is 0.459 e. The molecule has 6 bridgehead atoms. The molecule has 0 N–H and O–H groups in total. The zero-order valence-electron chi connectivity index (χ0n) is 45.3. The third kappa shape index (κ3) is 5.51. The van der Waals surface area contributed by atoms with Gasteiger partial charge in [0.2, 0.25) is 6.71 Å². The van der Waals surface area contributed by atoms with Crippen LogP contribution in [-0.2, 0) is 0 Å². The third-order valence-electron chi connectivity index (χ3n) is 20.1. The molecule has 1 aliphatic carbocycles. The average Bonchev–Trinajstić information content (AvgIpc) is 3.29. The maximum Gasteiger partial charge on any atom is 0.250 e. The predicted molar refractivity (Wildman–Crippen MR) is 339 cm³/mol. The molecule has 6 heteroatoms. The first-order valence-corrected chi connectivity index (χ1v) is 32.9. The van der Waals surface area contributed by atoms with Crippen LogP contribution in [0, 0.1) is 0 Å². The number of allylic oxidation sites excluding steroid dienone is 4. The Morgan fingerprint density at radius 2 is 0.925 bits per heavy atom. The van der Waals surface area contributed by atoms with Gasteiger partial charge in [0.05, 0.1) is 0 Å². The second kappa shape index (κ2) is 16.0. The Morgan fingerprint density at radius 1 is 0.450 bits per heavy atom. The van der Waals surface area contributed by atoms with Gasteiger partial charge in [-0.25, -0.2) is 0 Å². The molecule has 8 aliphatic rings. The number of rotatable bonds is 1. The molecule has 378 valence electrons. The minimum atomic E-state index is -2.84. The lowest BCUT2D eigenvalue weighted by molar-refractivity contribution is 0.438. The van der Waals surface area contributed by atoms with Gasteiger partial charge in [0.1, 0.15) is 11.5 Å². The van der Waals surface area contributed by atoms with E-state index in [9.17, 15) is 0 Å². The summed E-state index contributed by atoms with van der Waals surface area (Å²) >= 11 is 0. The van der Waals surface area contributed by atoms with E-state index < -0.39 is 16.1 Å². The number of anilines is 5. The lowest BCUT2D eigenvalue weighted by Crippen LogP contribution is -2.75. The van der Waals surface area contributed by atoms with Crippen LogP contribution in [0.2, 0.25) is 0 Å². The standard InChI is InChI=1S/C74H55BN2OSi2/c1-44(2)50-39-55-45(3)48-33-36-71-61(41-48)76(58-22-9-15-30-69(58)79(71)65-26-11-5-18-51(65)52-19-6-12-27-66(52)79)43-47-32-35-63-57(38-47)75-73(55)56(40-50)46(4)49-34-37-72-62(42-49)77(60-24-17-25-64(78-63)74(60)75)59-23-10-16-31-70(59)80(72)67-28-13-7-20-53(67)54-21-8-14-29-68(54)80/h5-37,39-46H,38H2,1-4H3/b47-43+. The van der Waals surface area contributed by atoms with Gasteiger partial charge >= 0.3 is 0 Å². The molecule has 0 saturated heterocycles. The van der Waals surface area contributed by atoms with Crippen LogP contribution in [0.25, 0.3) is 22.3 Å². The Labute approximate surface area is 470 Å². The highest BCUT2D eigenvalue weighted by Crippen LogP contribution is 2.48. The Hall–Kier alpha value is -8.68. The minimum absolute atomic E-state index is 0.0502. The number of ether oxygens (including phenoxy) is 1. The lowest BCUT2D eigenvalue weighted by Gasteiger charge is -2.46. The summed E-state index contributed by atoms with van der Waals surface area (Å²) in [5.74, 6) is 2.36. The summed E-state index contributed by atoms with van der Waals surface area (Å²) in [6.07, 6.45) is 7.89. The van der Waals surface area contributed by atoms with Gasteiger partial charge in [0.25, 0.3) is 0 Å². The molecule has 2 atom stereocenters. The van der Waals surface area contributed by atoms with E-state index in [0.29, 0.717) is 5.92 Å². The van der Waals surface area contributed by atoms with Crippen molar-refractivity contribution in [1.82, 2.24) is 0 Å². The van der Waals surface area contributed by atoms with Gasteiger partial charge in [0.15, 0.2) is 16.1 Å². The van der Waals surface area contributed by atoms with Crippen LogP contribution in [0.15, 0.2) is 247 Å². The Balaban J connectivity index is 0.942. The summed E-state index contributed by atoms with van der Waals surface area (Å²) in [6.45, 7) is 9.67. The van der Waals surface area contributed by atoms with Crippen LogP contribution in [0.1, 0.15) is 79.7 Å². The van der Waals surface area contributed by atoms with E-state index in [2.05, 4.69) is 268 Å². The van der Waals surface area contributed by atoms with E-state index >= 15 is 0 Å². The minimum Gasteiger partial charge on any atom is -0.459 e. The summed E-state index contributed by atoms with van der Waals surface area (Å²) in [4.78, 5) is 5.26. The van der Waals surface area contributed by atoms with Crippen LogP contribution < -0.4 is 67.0 Å². The van der Waals surface area contributed by atoms with Crippen LogP contribution in [0.5, 0.6) is 5.75 Å². The normalized spacial score (nSPS) is 19.2. The van der Waals surface area contributed by atoms with Gasteiger partial charge in [-0.15, -0.1) is 0 Å². The highest BCUT2D eigenvalue weighted by molar-refractivity contribution is 7.24. The Kier molecular flexibility index (Phi) is 9.04. The summed E-state index contributed by atoms with van der Waals surface area (Å²) < 4.78 is 7.44. The average molecular weight is 1060 g/mol. The first-order chi connectivity index (χ1) is 39.3. The van der Waals surface area contributed by atoms with Crippen LogP contribution in [-0.4, -0.2) is 22.9 Å². The zero-order chi connectivity index (χ0) is 52.9. The fourth-order valence-electron chi connectivity index (χ4n) is 16.7. The van der Waals surface area contributed by atoms with Gasteiger partial charge < -0.3 is 14.5 Å². The van der Waals surface area contributed by atoms with Crippen LogP contribution >= 0.6 is 0 Å². The van der Waals surface area contributed by atoms with E-state index in [4.69, 9.17) is 4.74 Å². The monoisotopic (exact) mass is 1050 g/mol. The zero-order valence-corrected chi connectivity index (χ0v) is 47.3. The van der Waals surface area contributed by atoms with Gasteiger partial charge in [-0.05, 0) is 163 Å². The fourth-order valence-corrected chi connectivity index (χ4v) is 27.7. The van der Waals surface area contributed by atoms with Crippen molar-refractivity contribution in [2.24, 2.45) is 0 Å². The molecular weight excluding hydrogens is 1000 g/mol. The summed E-state index contributed by atoms with van der Waals surface area (Å²) in [7, 11) is -5.64. The Morgan fingerprint density at radius 3 is 1.50 bits per heavy atom. The topological polar surface area (TPSA) is 15.7 Å². The quantitative estimate of drug-likeness (QED) is 0.152. The van der Waals surface area contributed by atoms with Crippen molar-refractivity contribution in [3.63, 3.8) is 0 Å². The van der Waals surface area contributed by atoms with E-state index in [1.54, 1.807) is 0 Å². The molecule has 7 aliphatic heterocycles. The van der Waals surface area contributed by atoms with E-state index in [1.807, 2.05) is 0 Å². The molecule has 7 heterocycles. The van der Waals surface area contributed by atoms with Crippen molar-refractivity contribution in [2.45, 2.75) is 51.9 Å². The Bertz CT molecular complexity index is 4470. The summed E-state index contributed by atoms with van der Waals surface area (Å²) in [5.41, 5.74) is 24.0. The second-order valence-electron chi connectivity index (χ2n) is 24.0. The maximum absolute atomic E-state index is 7.44. The van der Waals surface area contributed by atoms with Crippen LogP contribution in [0.4, 0.5) is 28.4 Å². The number of hydrogen-bond donors (Lipinski definition) is 0. The molecule has 3 nitrogen and oxygen atoms in total. The van der Waals surface area contributed by atoms with E-state index in [0.717, 1.165) is 17.9 Å². The number of hydrogen-bond acceptors (Lipinski definition) is 3. The summed E-state index contributed by atoms with van der Waals surface area (Å²) in [6, 6.07) is 83.7. The van der Waals surface area contributed by atoms with Crippen molar-refractivity contribution in [2.75, 3.05) is 9.80 Å². The molecule has 18 rings (SSSR count). The van der Waals surface area contributed by atoms with E-state index in [-0.39, 0.29) is 18.5 Å². The molecule has 0 aromatic heterocycles. The SMILES string of the molecule is CC(C)c1cc2c3c(c1)C(C)c1ccc4c(c1)N(c1ccccc1[Si]41c4ccccc4-c4ccccc41)c1cccc4c1B3C1=C(C=C/C(=C\N3c5ccccc5[Si]5(c6ccccc6-c6ccccc65)c5ccc(cc53)C2C)C1)O4. The molecular formula is C74H55BN2OSi2. The fraction of sp³-hybridized carbons (Fsp3) is 0.108. The first kappa shape index (κ1) is 45.2. The smallest absolute Gasteiger partial charge is 0.250 e. The van der Waals surface area contributed by atoms with Crippen molar-refractivity contribution in [1.29, 1.82) is 0 Å². The molecule has 0 amide bonds. The number of benzene rings is 10. The van der Waals surface area contributed by atoms with Gasteiger partial charge in [0, 0.05) is 46.5 Å². The number of fused-ring (bicyclic) bond motifs is 22. The van der Waals surface area contributed by atoms with Gasteiger partial charge in [-0.1, -0.05) is 215 Å². The van der Waals surface area contributed by atoms with Crippen LogP contribution in [0.3, 0.4) is 0 Å². The molecule has 0 saturated carbocycles. The lowest BCUT2D eigenvalue weighted by atomic mass is 9.32. The number of nitrogens with zero attached hydrogens (tertiary/aromatic N) is 2. The molecule has 2 unspecified atom stereocenters. The molecule has 10 aromatic rings. The van der Waals surface area contributed by atoms with Crippen molar-refractivity contribution in [3.8, 4) is 28.0 Å². The molecule has 80 heavy (non-hydrogen) atoms. The summed E-state index contributed by atoms with van der Waals surface area (Å²) in [5, 5.41) is 11.7. The highest BCUT2D eigenvalue weighted by Gasteiger charge is 2.56. The molecule has 10 aromatic carbocycles. The third-order valence-corrected chi connectivity index (χ3v) is 30.0. The van der Waals surface area contributed by atoms with Crippen molar-refractivity contribution < 1.29 is 4.74 Å². The first-order valence-electron chi connectivity index (χ1n) is 28.9. The molecule has 2 spiro atoms. The molecule has 0 radical (unpaired) electrons. The van der Waals surface area contributed by atoms with E-state index in [1.165, 1.54) is 142 Å². The van der Waals surface area contributed by atoms with Gasteiger partial charge in [-0.2, -0.15) is 0 Å². The predicted octanol–water partition coefficient (Wildman–Crippen LogP) is 11.0. The maximum atomic E-state index is 7.44. The second-order valence-corrected chi connectivity index (χ2v) is 31.3. The van der Waals surface area contributed by atoms with Crippen molar-refractivity contribution >= 4 is 104 Å².